The number of benzene rings is 1. The smallest absolute Gasteiger partial charge is 0.407 e. The highest BCUT2D eigenvalue weighted by Crippen LogP contribution is 2.31. The second-order valence-electron chi connectivity index (χ2n) is 8.86. The number of rotatable bonds is 6. The Kier molecular flexibility index (Phi) is 6.81. The molecular formula is C25H28N6O4. The van der Waals surface area contributed by atoms with Crippen LogP contribution in [0.2, 0.25) is 0 Å². The second kappa shape index (κ2) is 9.96. The van der Waals surface area contributed by atoms with Gasteiger partial charge in [0, 0.05) is 17.8 Å². The summed E-state index contributed by atoms with van der Waals surface area (Å²) in [7, 11) is 0. The third-order valence-corrected chi connectivity index (χ3v) is 6.03. The van der Waals surface area contributed by atoms with E-state index in [4.69, 9.17) is 4.74 Å². The van der Waals surface area contributed by atoms with Crippen molar-refractivity contribution >= 4 is 23.6 Å². The first-order chi connectivity index (χ1) is 16.7. The summed E-state index contributed by atoms with van der Waals surface area (Å²) in [5, 5.41) is 14.8. The molecule has 10 heteroatoms. The summed E-state index contributed by atoms with van der Waals surface area (Å²) in [4.78, 5) is 38.1. The number of hydrogen-bond acceptors (Lipinski definition) is 6. The minimum atomic E-state index is -0.919. The van der Waals surface area contributed by atoms with E-state index in [0.29, 0.717) is 29.5 Å². The van der Waals surface area contributed by atoms with Crippen LogP contribution in [0.5, 0.6) is 5.75 Å². The van der Waals surface area contributed by atoms with Crippen molar-refractivity contribution in [1.82, 2.24) is 19.9 Å². The van der Waals surface area contributed by atoms with Crippen molar-refractivity contribution in [3.8, 4) is 17.0 Å². The maximum atomic E-state index is 12.3. The molecule has 3 aromatic rings. The number of likely N-dealkylation sites (tertiary alicyclic amines) is 1. The van der Waals surface area contributed by atoms with E-state index in [-0.39, 0.29) is 6.61 Å². The highest BCUT2D eigenvalue weighted by molar-refractivity contribution is 5.99. The molecule has 1 aliphatic heterocycles. The molecule has 1 saturated heterocycles. The SMILES string of the molecule is Cc1ccc(NC(=O)Nc2cncc(-c3ccc(OC[C@@]4(C)CCCN4C(=O)O)c(C)c3)n2)cn1. The first-order valence-corrected chi connectivity index (χ1v) is 11.3. The minimum absolute atomic E-state index is 0.282. The Labute approximate surface area is 203 Å². The summed E-state index contributed by atoms with van der Waals surface area (Å²) in [6.07, 6.45) is 5.34. The van der Waals surface area contributed by atoms with Gasteiger partial charge < -0.3 is 15.2 Å². The van der Waals surface area contributed by atoms with Crippen molar-refractivity contribution < 1.29 is 19.4 Å². The maximum absolute atomic E-state index is 12.3. The molecule has 0 radical (unpaired) electrons. The number of amides is 3. The van der Waals surface area contributed by atoms with E-state index in [9.17, 15) is 14.7 Å². The summed E-state index contributed by atoms with van der Waals surface area (Å²) >= 11 is 0. The molecule has 1 fully saturated rings. The number of anilines is 2. The molecule has 1 atom stereocenters. The van der Waals surface area contributed by atoms with Crippen LogP contribution in [0.1, 0.15) is 31.0 Å². The fourth-order valence-corrected chi connectivity index (χ4v) is 4.09. The molecule has 0 aliphatic carbocycles. The summed E-state index contributed by atoms with van der Waals surface area (Å²) < 4.78 is 6.02. The number of aryl methyl sites for hydroxylation is 2. The van der Waals surface area contributed by atoms with Crippen LogP contribution in [-0.4, -0.2) is 55.8 Å². The van der Waals surface area contributed by atoms with E-state index < -0.39 is 17.7 Å². The highest BCUT2D eigenvalue weighted by atomic mass is 16.5. The topological polar surface area (TPSA) is 130 Å². The van der Waals surface area contributed by atoms with Gasteiger partial charge >= 0.3 is 12.1 Å². The largest absolute Gasteiger partial charge is 0.491 e. The third kappa shape index (κ3) is 5.65. The van der Waals surface area contributed by atoms with Gasteiger partial charge in [0.2, 0.25) is 0 Å². The predicted molar refractivity (Wildman–Crippen MR) is 132 cm³/mol. The molecule has 0 spiro atoms. The van der Waals surface area contributed by atoms with Gasteiger partial charge in [-0.15, -0.1) is 0 Å². The average Bonchev–Trinajstić information content (AvgIpc) is 3.22. The number of nitrogens with one attached hydrogen (secondary N) is 2. The van der Waals surface area contributed by atoms with Gasteiger partial charge in [-0.3, -0.25) is 20.2 Å². The highest BCUT2D eigenvalue weighted by Gasteiger charge is 2.40. The Bertz CT molecular complexity index is 1230. The van der Waals surface area contributed by atoms with Gasteiger partial charge in [-0.1, -0.05) is 0 Å². The van der Waals surface area contributed by atoms with Gasteiger partial charge in [0.25, 0.3) is 0 Å². The molecule has 3 N–H and O–H groups in total. The van der Waals surface area contributed by atoms with E-state index in [1.165, 1.54) is 11.1 Å². The number of pyridine rings is 1. The van der Waals surface area contributed by atoms with E-state index in [1.807, 2.05) is 45.0 Å². The first kappa shape index (κ1) is 23.9. The van der Waals surface area contributed by atoms with Crippen molar-refractivity contribution in [2.24, 2.45) is 0 Å². The Morgan fingerprint density at radius 1 is 1.14 bits per heavy atom. The fourth-order valence-electron chi connectivity index (χ4n) is 4.09. The molecular weight excluding hydrogens is 448 g/mol. The molecule has 35 heavy (non-hydrogen) atoms. The molecule has 4 rings (SSSR count). The summed E-state index contributed by atoms with van der Waals surface area (Å²) in [5.41, 5.74) is 3.17. The van der Waals surface area contributed by atoms with E-state index >= 15 is 0 Å². The van der Waals surface area contributed by atoms with Crippen molar-refractivity contribution in [3.63, 3.8) is 0 Å². The van der Waals surface area contributed by atoms with Crippen LogP contribution in [-0.2, 0) is 0 Å². The normalized spacial score (nSPS) is 17.2. The number of hydrogen-bond donors (Lipinski definition) is 3. The molecule has 1 aromatic carbocycles. The molecule has 10 nitrogen and oxygen atoms in total. The Hall–Kier alpha value is -4.21. The van der Waals surface area contributed by atoms with Crippen LogP contribution < -0.4 is 15.4 Å². The molecule has 1 aliphatic rings. The van der Waals surface area contributed by atoms with E-state index in [0.717, 1.165) is 29.7 Å². The summed E-state index contributed by atoms with van der Waals surface area (Å²) in [6.45, 7) is 6.51. The van der Waals surface area contributed by atoms with Crippen LogP contribution in [0.3, 0.4) is 0 Å². The lowest BCUT2D eigenvalue weighted by Crippen LogP contribution is -2.48. The minimum Gasteiger partial charge on any atom is -0.491 e. The number of ether oxygens (including phenoxy) is 1. The Morgan fingerprint density at radius 3 is 2.69 bits per heavy atom. The van der Waals surface area contributed by atoms with Gasteiger partial charge in [0.15, 0.2) is 5.82 Å². The van der Waals surface area contributed by atoms with Crippen LogP contribution in [0.4, 0.5) is 21.1 Å². The Balaban J connectivity index is 1.42. The molecule has 182 valence electrons. The number of urea groups is 1. The number of carboxylic acid groups (broad SMARTS) is 1. The van der Waals surface area contributed by atoms with Crippen molar-refractivity contribution in [2.45, 2.75) is 39.2 Å². The molecule has 0 saturated carbocycles. The third-order valence-electron chi connectivity index (χ3n) is 6.03. The van der Waals surface area contributed by atoms with E-state index in [1.54, 1.807) is 18.5 Å². The predicted octanol–water partition coefficient (Wildman–Crippen LogP) is 4.71. The van der Waals surface area contributed by atoms with E-state index in [2.05, 4.69) is 25.6 Å². The average molecular weight is 477 g/mol. The van der Waals surface area contributed by atoms with Crippen LogP contribution in [0.15, 0.2) is 48.9 Å². The van der Waals surface area contributed by atoms with Gasteiger partial charge in [-0.25, -0.2) is 14.6 Å². The van der Waals surface area contributed by atoms with Crippen LogP contribution in [0.25, 0.3) is 11.3 Å². The van der Waals surface area contributed by atoms with Crippen molar-refractivity contribution in [2.75, 3.05) is 23.8 Å². The first-order valence-electron chi connectivity index (χ1n) is 11.3. The lowest BCUT2D eigenvalue weighted by Gasteiger charge is -2.33. The summed E-state index contributed by atoms with van der Waals surface area (Å²) in [6, 6.07) is 8.75. The molecule has 0 unspecified atom stereocenters. The van der Waals surface area contributed by atoms with Gasteiger partial charge in [-0.05, 0) is 69.5 Å². The van der Waals surface area contributed by atoms with Crippen LogP contribution in [0, 0.1) is 13.8 Å². The quantitative estimate of drug-likeness (QED) is 0.470. The standard InChI is InChI=1S/C25H28N6O4/c1-16-11-18(6-8-21(16)35-15-25(3)9-4-10-31(25)24(33)34)20-13-26-14-22(29-20)30-23(32)28-19-7-5-17(2)27-12-19/h5-8,11-14H,4,9-10,15H2,1-3H3,(H,33,34)(H2,28,29,30,32)/t25-/m1/s1. The van der Waals surface area contributed by atoms with Crippen molar-refractivity contribution in [3.05, 3.63) is 60.2 Å². The van der Waals surface area contributed by atoms with Crippen LogP contribution >= 0.6 is 0 Å². The van der Waals surface area contributed by atoms with Crippen molar-refractivity contribution in [1.29, 1.82) is 0 Å². The van der Waals surface area contributed by atoms with Gasteiger partial charge in [-0.2, -0.15) is 0 Å². The lowest BCUT2D eigenvalue weighted by atomic mass is 10.0. The number of nitrogens with zero attached hydrogens (tertiary/aromatic N) is 4. The fraction of sp³-hybridized carbons (Fsp3) is 0.320. The molecule has 2 aromatic heterocycles. The lowest BCUT2D eigenvalue weighted by molar-refractivity contribution is 0.0786. The number of carbonyl (C=O) groups excluding carboxylic acids is 1. The maximum Gasteiger partial charge on any atom is 0.407 e. The van der Waals surface area contributed by atoms with Gasteiger partial charge in [0.1, 0.15) is 12.4 Å². The molecule has 3 heterocycles. The molecule has 0 bridgehead atoms. The monoisotopic (exact) mass is 476 g/mol. The zero-order valence-corrected chi connectivity index (χ0v) is 19.9. The van der Waals surface area contributed by atoms with Gasteiger partial charge in [0.05, 0.1) is 35.5 Å². The number of aromatic nitrogens is 3. The molecule has 3 amide bonds. The summed E-state index contributed by atoms with van der Waals surface area (Å²) in [5.74, 6) is 0.988. The zero-order chi connectivity index (χ0) is 25.0. The zero-order valence-electron chi connectivity index (χ0n) is 19.9. The number of carbonyl (C=O) groups is 2. The Morgan fingerprint density at radius 2 is 1.97 bits per heavy atom. The second-order valence-corrected chi connectivity index (χ2v) is 8.86.